The number of carboxylic acid groups (broad SMARTS) is 1. The molecule has 0 radical (unpaired) electrons. The number of carbonyl (C=O) groups is 1. The Labute approximate surface area is 197 Å². The van der Waals surface area contributed by atoms with Crippen LogP contribution in [0.25, 0.3) is 21.2 Å². The predicted octanol–water partition coefficient (Wildman–Crippen LogP) is 4.43. The summed E-state index contributed by atoms with van der Waals surface area (Å²) < 4.78 is 5.41. The number of aliphatic carboxylic acids is 1. The number of piperidine rings is 1. The number of nitrogens with zero attached hydrogens (tertiary/aromatic N) is 3. The average molecular weight is 462 g/mol. The summed E-state index contributed by atoms with van der Waals surface area (Å²) in [6, 6.07) is 6.46. The number of likely N-dealkylation sites (tertiary alicyclic amines) is 1. The van der Waals surface area contributed by atoms with Crippen LogP contribution in [-0.4, -0.2) is 52.2 Å². The van der Waals surface area contributed by atoms with E-state index in [1.54, 1.807) is 11.3 Å². The van der Waals surface area contributed by atoms with E-state index in [9.17, 15) is 9.90 Å². The Bertz CT molecular complexity index is 1200. The number of fused-ring (bicyclic) bond motifs is 1. The van der Waals surface area contributed by atoms with Gasteiger partial charge in [-0.2, -0.15) is 0 Å². The zero-order chi connectivity index (χ0) is 22.6. The first-order valence-corrected chi connectivity index (χ1v) is 12.3. The van der Waals surface area contributed by atoms with Crippen LogP contribution in [0.15, 0.2) is 36.8 Å². The first-order chi connectivity index (χ1) is 16.2. The molecule has 2 fully saturated rings. The molecule has 0 unspecified atom stereocenters. The summed E-state index contributed by atoms with van der Waals surface area (Å²) in [5.74, 6) is 6.14. The van der Waals surface area contributed by atoms with Gasteiger partial charge in [0.2, 0.25) is 0 Å². The van der Waals surface area contributed by atoms with Gasteiger partial charge in [-0.1, -0.05) is 18.1 Å². The maximum absolute atomic E-state index is 11.2. The van der Waals surface area contributed by atoms with Crippen molar-refractivity contribution in [3.05, 3.63) is 47.4 Å². The normalized spacial score (nSPS) is 18.2. The van der Waals surface area contributed by atoms with E-state index in [1.165, 1.54) is 10.9 Å². The van der Waals surface area contributed by atoms with Crippen LogP contribution in [0.4, 0.5) is 0 Å². The fraction of sp³-hybridized carbons (Fsp3) is 0.423. The number of benzene rings is 1. The van der Waals surface area contributed by atoms with Gasteiger partial charge in [-0.25, -0.2) is 4.98 Å². The molecule has 0 saturated carbocycles. The topological polar surface area (TPSA) is 75.5 Å². The summed E-state index contributed by atoms with van der Waals surface area (Å²) in [7, 11) is 0. The summed E-state index contributed by atoms with van der Waals surface area (Å²) in [6.45, 7) is 3.99. The maximum atomic E-state index is 11.2. The van der Waals surface area contributed by atoms with Crippen LogP contribution >= 0.6 is 11.3 Å². The van der Waals surface area contributed by atoms with Gasteiger partial charge >= 0.3 is 5.97 Å². The molecule has 33 heavy (non-hydrogen) atoms. The molecule has 2 aliphatic rings. The summed E-state index contributed by atoms with van der Waals surface area (Å²) in [4.78, 5) is 23.7. The van der Waals surface area contributed by atoms with E-state index in [4.69, 9.17) is 4.74 Å². The molecule has 0 atom stereocenters. The third-order valence-electron chi connectivity index (χ3n) is 6.57. The lowest BCUT2D eigenvalue weighted by Crippen LogP contribution is -2.35. The second-order valence-corrected chi connectivity index (χ2v) is 9.84. The summed E-state index contributed by atoms with van der Waals surface area (Å²) >= 11 is 1.63. The fourth-order valence-corrected chi connectivity index (χ4v) is 5.33. The molecular formula is C26H27N3O3S. The minimum atomic E-state index is -0.674. The number of thiazole rings is 1. The van der Waals surface area contributed by atoms with Gasteiger partial charge in [0.25, 0.3) is 0 Å². The van der Waals surface area contributed by atoms with E-state index in [1.807, 2.05) is 18.6 Å². The van der Waals surface area contributed by atoms with E-state index in [-0.39, 0.29) is 5.92 Å². The molecule has 7 heteroatoms. The van der Waals surface area contributed by atoms with Gasteiger partial charge in [0.1, 0.15) is 0 Å². The predicted molar refractivity (Wildman–Crippen MR) is 129 cm³/mol. The van der Waals surface area contributed by atoms with Crippen LogP contribution in [0, 0.1) is 23.7 Å². The van der Waals surface area contributed by atoms with E-state index in [0.717, 1.165) is 66.5 Å². The number of ether oxygens (including phenoxy) is 1. The number of rotatable bonds is 4. The number of aromatic nitrogens is 2. The fourth-order valence-electron chi connectivity index (χ4n) is 4.55. The zero-order valence-corrected chi connectivity index (χ0v) is 19.3. The smallest absolute Gasteiger partial charge is 0.306 e. The Morgan fingerprint density at radius 1 is 1.15 bits per heavy atom. The molecule has 2 aromatic heterocycles. The molecule has 1 aromatic carbocycles. The highest BCUT2D eigenvalue weighted by Crippen LogP contribution is 2.31. The monoisotopic (exact) mass is 461 g/mol. The van der Waals surface area contributed by atoms with Crippen LogP contribution in [0.1, 0.15) is 36.3 Å². The van der Waals surface area contributed by atoms with Crippen LogP contribution in [0.3, 0.4) is 0 Å². The molecule has 0 bridgehead atoms. The van der Waals surface area contributed by atoms with Gasteiger partial charge in [0.15, 0.2) is 5.01 Å². The Balaban J connectivity index is 1.34. The molecule has 0 spiro atoms. The minimum absolute atomic E-state index is 0.214. The van der Waals surface area contributed by atoms with Crippen molar-refractivity contribution in [3.63, 3.8) is 0 Å². The van der Waals surface area contributed by atoms with Crippen molar-refractivity contribution in [2.24, 2.45) is 11.8 Å². The van der Waals surface area contributed by atoms with E-state index < -0.39 is 5.97 Å². The van der Waals surface area contributed by atoms with Gasteiger partial charge in [0, 0.05) is 49.7 Å². The molecular weight excluding hydrogens is 434 g/mol. The SMILES string of the molecule is O=C(O)C1CCN(Cc2cncc3ccc(-c4cnc(C#CC5CCOCC5)s4)cc23)CC1. The van der Waals surface area contributed by atoms with Crippen LogP contribution in [0.5, 0.6) is 0 Å². The third-order valence-corrected chi connectivity index (χ3v) is 7.53. The van der Waals surface area contributed by atoms with Crippen LogP contribution in [-0.2, 0) is 16.1 Å². The molecule has 2 aliphatic heterocycles. The Hall–Kier alpha value is -2.79. The first-order valence-electron chi connectivity index (χ1n) is 11.5. The van der Waals surface area contributed by atoms with Crippen molar-refractivity contribution >= 4 is 28.1 Å². The molecule has 170 valence electrons. The molecule has 2 saturated heterocycles. The van der Waals surface area contributed by atoms with E-state index in [0.29, 0.717) is 18.8 Å². The molecule has 1 N–H and O–H groups in total. The van der Waals surface area contributed by atoms with Crippen LogP contribution in [0.2, 0.25) is 0 Å². The first kappa shape index (κ1) is 22.0. The summed E-state index contributed by atoms with van der Waals surface area (Å²) in [6.07, 6.45) is 9.16. The van der Waals surface area contributed by atoms with E-state index >= 15 is 0 Å². The van der Waals surface area contributed by atoms with Crippen molar-refractivity contribution in [2.45, 2.75) is 32.2 Å². The van der Waals surface area contributed by atoms with Gasteiger partial charge in [-0.3, -0.25) is 14.7 Å². The second kappa shape index (κ2) is 10.0. The van der Waals surface area contributed by atoms with Crippen molar-refractivity contribution in [2.75, 3.05) is 26.3 Å². The van der Waals surface area contributed by atoms with Gasteiger partial charge < -0.3 is 9.84 Å². The van der Waals surface area contributed by atoms with E-state index in [2.05, 4.69) is 44.9 Å². The summed E-state index contributed by atoms with van der Waals surface area (Å²) in [5.41, 5.74) is 2.31. The lowest BCUT2D eigenvalue weighted by atomic mass is 9.96. The van der Waals surface area contributed by atoms with Crippen molar-refractivity contribution in [1.29, 1.82) is 0 Å². The lowest BCUT2D eigenvalue weighted by molar-refractivity contribution is -0.143. The van der Waals surface area contributed by atoms with Gasteiger partial charge in [-0.15, -0.1) is 11.3 Å². The molecule has 4 heterocycles. The second-order valence-electron chi connectivity index (χ2n) is 8.81. The molecule has 0 aliphatic carbocycles. The highest BCUT2D eigenvalue weighted by molar-refractivity contribution is 7.15. The number of carboxylic acids is 1. The molecule has 5 rings (SSSR count). The van der Waals surface area contributed by atoms with Crippen molar-refractivity contribution in [1.82, 2.24) is 14.9 Å². The standard InChI is InChI=1S/C26H27N3O3S/c30-26(31)19-5-9-29(10-6-19)17-22-15-27-14-21-3-2-20(13-23(21)22)24-16-28-25(33-24)4-1-18-7-11-32-12-8-18/h2-3,13-16,18-19H,5-12,17H2,(H,30,31). The van der Waals surface area contributed by atoms with Crippen molar-refractivity contribution in [3.8, 4) is 22.3 Å². The number of hydrogen-bond donors (Lipinski definition) is 1. The number of hydrogen-bond acceptors (Lipinski definition) is 6. The highest BCUT2D eigenvalue weighted by Gasteiger charge is 2.24. The van der Waals surface area contributed by atoms with Gasteiger partial charge in [-0.05, 0) is 67.3 Å². The average Bonchev–Trinajstić information content (AvgIpc) is 3.33. The van der Waals surface area contributed by atoms with Gasteiger partial charge in [0.05, 0.1) is 10.8 Å². The third kappa shape index (κ3) is 5.25. The quantitative estimate of drug-likeness (QED) is 0.579. The largest absolute Gasteiger partial charge is 0.481 e. The molecule has 3 aromatic rings. The van der Waals surface area contributed by atoms with Crippen LogP contribution < -0.4 is 0 Å². The summed E-state index contributed by atoms with van der Waals surface area (Å²) in [5, 5.41) is 12.4. The minimum Gasteiger partial charge on any atom is -0.481 e. The maximum Gasteiger partial charge on any atom is 0.306 e. The molecule has 0 amide bonds. The Morgan fingerprint density at radius 3 is 2.76 bits per heavy atom. The Kier molecular flexibility index (Phi) is 6.68. The zero-order valence-electron chi connectivity index (χ0n) is 18.5. The Morgan fingerprint density at radius 2 is 1.97 bits per heavy atom. The molecule has 6 nitrogen and oxygen atoms in total. The lowest BCUT2D eigenvalue weighted by Gasteiger charge is -2.30. The number of pyridine rings is 1. The highest BCUT2D eigenvalue weighted by atomic mass is 32.1. The van der Waals surface area contributed by atoms with Crippen molar-refractivity contribution < 1.29 is 14.6 Å².